The first kappa shape index (κ1) is 40.0. The third-order valence-corrected chi connectivity index (χ3v) is 11.9. The van der Waals surface area contributed by atoms with Gasteiger partial charge in [-0.15, -0.1) is 0 Å². The van der Waals surface area contributed by atoms with E-state index in [-0.39, 0.29) is 0 Å². The first-order valence-corrected chi connectivity index (χ1v) is 20.2. The molecule has 0 radical (unpaired) electrons. The molecule has 0 bridgehead atoms. The minimum Gasteiger partial charge on any atom is -0.309 e. The van der Waals surface area contributed by atoms with Gasteiger partial charge < -0.3 is 9.13 Å². The second-order valence-corrected chi connectivity index (χ2v) is 16.0. The quantitative estimate of drug-likeness (QED) is 0.126. The second-order valence-electron chi connectivity index (χ2n) is 16.0. The molecule has 0 aliphatic rings. The van der Waals surface area contributed by atoms with Crippen molar-refractivity contribution in [3.05, 3.63) is 197 Å². The average Bonchev–Trinajstić information content (AvgIpc) is 3.79. The number of aryl methyl sites for hydroxylation is 2. The van der Waals surface area contributed by atoms with Gasteiger partial charge in [0.2, 0.25) is 0 Å². The van der Waals surface area contributed by atoms with Crippen LogP contribution in [0.25, 0.3) is 93.2 Å². The lowest BCUT2D eigenvalue weighted by Crippen LogP contribution is -2.05. The van der Waals surface area contributed by atoms with Crippen LogP contribution in [0.15, 0.2) is 158 Å². The SMILES string of the molecule is [C-]#[N+]c1ccc(-n2c3ccccc3c3ccc(-c4cc(C)cc(C(F)(F)F)c4)cc32)cc1-c1cc(-n2c3ccccc3c3ccc(-c4cc(C)cc(C(F)(F)F)c4)cc32)ccc1C#N. The van der Waals surface area contributed by atoms with Crippen LogP contribution in [0.5, 0.6) is 0 Å². The normalized spacial score (nSPS) is 12.0. The Kier molecular flexibility index (Phi) is 9.25. The molecule has 310 valence electrons. The summed E-state index contributed by atoms with van der Waals surface area (Å²) in [6.07, 6.45) is -9.04. The summed E-state index contributed by atoms with van der Waals surface area (Å²) >= 11 is 0. The minimum atomic E-state index is -4.52. The molecule has 0 aliphatic heterocycles. The van der Waals surface area contributed by atoms with Crippen molar-refractivity contribution < 1.29 is 26.3 Å². The van der Waals surface area contributed by atoms with Crippen molar-refractivity contribution in [2.75, 3.05) is 0 Å². The molecule has 0 amide bonds. The highest BCUT2D eigenvalue weighted by molar-refractivity contribution is 6.11. The van der Waals surface area contributed by atoms with Gasteiger partial charge in [-0.3, -0.25) is 0 Å². The van der Waals surface area contributed by atoms with Gasteiger partial charge in [0, 0.05) is 32.9 Å². The molecular weight excluding hydrogens is 819 g/mol. The van der Waals surface area contributed by atoms with Crippen LogP contribution in [0, 0.1) is 31.8 Å². The standard InChI is InChI=1S/C54H32F6N4/c1-31-20-36(24-38(22-31)53(55,56)57)33-13-17-44-42-8-4-6-10-49(42)63(51(44)26-33)40-15-12-35(30-61)46(28-40)47-29-41(16-19-48(47)62-3)64-50-11-7-5-9-43(50)45-18-14-34(27-52(45)64)37-21-32(2)23-39(25-37)54(58,59)60/h4-29H,1-2H3. The van der Waals surface area contributed by atoms with Crippen LogP contribution >= 0.6 is 0 Å². The van der Waals surface area contributed by atoms with Gasteiger partial charge in [0.25, 0.3) is 0 Å². The van der Waals surface area contributed by atoms with Crippen molar-refractivity contribution in [3.8, 4) is 50.8 Å². The number of nitriles is 1. The third kappa shape index (κ3) is 6.72. The summed E-state index contributed by atoms with van der Waals surface area (Å²) in [5.74, 6) is 0. The maximum atomic E-state index is 13.9. The Hall–Kier alpha value is -8.08. The molecule has 2 aromatic heterocycles. The van der Waals surface area contributed by atoms with Crippen molar-refractivity contribution in [3.63, 3.8) is 0 Å². The predicted octanol–water partition coefficient (Wildman–Crippen LogP) is 16.0. The lowest BCUT2D eigenvalue weighted by molar-refractivity contribution is -0.138. The lowest BCUT2D eigenvalue weighted by Gasteiger charge is -2.16. The molecular formula is C54H32F6N4. The number of para-hydroxylation sites is 2. The molecule has 64 heavy (non-hydrogen) atoms. The fourth-order valence-corrected chi connectivity index (χ4v) is 9.05. The van der Waals surface area contributed by atoms with Gasteiger partial charge in [-0.25, -0.2) is 4.85 Å². The molecule has 4 nitrogen and oxygen atoms in total. The summed E-state index contributed by atoms with van der Waals surface area (Å²) in [4.78, 5) is 3.88. The Morgan fingerprint density at radius 3 is 1.39 bits per heavy atom. The maximum Gasteiger partial charge on any atom is 0.416 e. The van der Waals surface area contributed by atoms with Gasteiger partial charge in [-0.2, -0.15) is 31.6 Å². The monoisotopic (exact) mass is 850 g/mol. The van der Waals surface area contributed by atoms with E-state index in [0.29, 0.717) is 67.1 Å². The van der Waals surface area contributed by atoms with Crippen LogP contribution < -0.4 is 0 Å². The van der Waals surface area contributed by atoms with Gasteiger partial charge in [0.15, 0.2) is 5.69 Å². The lowest BCUT2D eigenvalue weighted by atomic mass is 9.97. The van der Waals surface area contributed by atoms with Crippen LogP contribution in [0.2, 0.25) is 0 Å². The Bertz CT molecular complexity index is 3410. The highest BCUT2D eigenvalue weighted by Gasteiger charge is 2.32. The first-order valence-electron chi connectivity index (χ1n) is 20.2. The molecule has 0 fully saturated rings. The highest BCUT2D eigenvalue weighted by Crippen LogP contribution is 2.43. The van der Waals surface area contributed by atoms with E-state index in [0.717, 1.165) is 67.9 Å². The van der Waals surface area contributed by atoms with E-state index in [1.54, 1.807) is 38.1 Å². The third-order valence-electron chi connectivity index (χ3n) is 11.9. The fourth-order valence-electron chi connectivity index (χ4n) is 9.05. The zero-order valence-corrected chi connectivity index (χ0v) is 34.1. The van der Waals surface area contributed by atoms with Crippen molar-refractivity contribution in [2.45, 2.75) is 26.2 Å². The summed E-state index contributed by atoms with van der Waals surface area (Å²) in [5, 5.41) is 14.1. The number of aromatic nitrogens is 2. The van der Waals surface area contributed by atoms with Crippen LogP contribution in [0.1, 0.15) is 27.8 Å². The summed E-state index contributed by atoms with van der Waals surface area (Å²) in [5.41, 5.74) is 7.60. The topological polar surface area (TPSA) is 38.0 Å². The fraction of sp³-hybridized carbons (Fsp3) is 0.0741. The summed E-state index contributed by atoms with van der Waals surface area (Å²) < 4.78 is 87.7. The van der Waals surface area contributed by atoms with E-state index in [1.807, 2.05) is 118 Å². The molecule has 0 unspecified atom stereocenters. The highest BCUT2D eigenvalue weighted by atomic mass is 19.4. The van der Waals surface area contributed by atoms with E-state index in [2.05, 4.69) is 10.9 Å². The van der Waals surface area contributed by atoms with E-state index >= 15 is 0 Å². The number of rotatable bonds is 5. The Balaban J connectivity index is 1.17. The number of fused-ring (bicyclic) bond motifs is 6. The summed E-state index contributed by atoms with van der Waals surface area (Å²) in [6.45, 7) is 11.5. The zero-order valence-electron chi connectivity index (χ0n) is 34.1. The van der Waals surface area contributed by atoms with E-state index < -0.39 is 23.5 Å². The Morgan fingerprint density at radius 2 is 0.922 bits per heavy atom. The zero-order chi connectivity index (χ0) is 44.7. The van der Waals surface area contributed by atoms with Gasteiger partial charge in [-0.05, 0) is 137 Å². The van der Waals surface area contributed by atoms with E-state index in [9.17, 15) is 31.6 Å². The number of hydrogen-bond donors (Lipinski definition) is 0. The molecule has 0 saturated heterocycles. The molecule has 0 aliphatic carbocycles. The van der Waals surface area contributed by atoms with Crippen LogP contribution in [-0.4, -0.2) is 9.13 Å². The van der Waals surface area contributed by atoms with Gasteiger partial charge in [-0.1, -0.05) is 78.9 Å². The predicted molar refractivity (Wildman–Crippen MR) is 242 cm³/mol. The number of halogens is 6. The number of benzene rings is 8. The molecule has 10 heteroatoms. The number of nitrogens with zero attached hydrogens (tertiary/aromatic N) is 4. The van der Waals surface area contributed by atoms with Crippen molar-refractivity contribution in [2.24, 2.45) is 0 Å². The van der Waals surface area contributed by atoms with Gasteiger partial charge in [0.1, 0.15) is 0 Å². The van der Waals surface area contributed by atoms with Crippen molar-refractivity contribution in [1.82, 2.24) is 9.13 Å². The van der Waals surface area contributed by atoms with Crippen LogP contribution in [0.3, 0.4) is 0 Å². The molecule has 0 saturated carbocycles. The minimum absolute atomic E-state index is 0.294. The maximum absolute atomic E-state index is 13.9. The van der Waals surface area contributed by atoms with Gasteiger partial charge >= 0.3 is 12.4 Å². The van der Waals surface area contributed by atoms with E-state index in [4.69, 9.17) is 6.57 Å². The second kappa shape index (κ2) is 14.8. The van der Waals surface area contributed by atoms with Crippen LogP contribution in [-0.2, 0) is 12.4 Å². The van der Waals surface area contributed by atoms with E-state index in [1.165, 1.54) is 0 Å². The molecule has 2 heterocycles. The van der Waals surface area contributed by atoms with Crippen LogP contribution in [0.4, 0.5) is 32.0 Å². The first-order chi connectivity index (χ1) is 30.7. The average molecular weight is 851 g/mol. The largest absolute Gasteiger partial charge is 0.416 e. The number of alkyl halides is 6. The molecule has 10 aromatic rings. The molecule has 10 rings (SSSR count). The smallest absolute Gasteiger partial charge is 0.309 e. The molecule has 8 aromatic carbocycles. The molecule has 0 N–H and O–H groups in total. The van der Waals surface area contributed by atoms with Gasteiger partial charge in [0.05, 0.1) is 51.4 Å². The van der Waals surface area contributed by atoms with Crippen molar-refractivity contribution >= 4 is 49.3 Å². The summed E-state index contributed by atoms with van der Waals surface area (Å²) in [6, 6.07) is 47.9. The Labute approximate surface area is 362 Å². The summed E-state index contributed by atoms with van der Waals surface area (Å²) in [7, 11) is 0. The number of hydrogen-bond acceptors (Lipinski definition) is 1. The Morgan fingerprint density at radius 1 is 0.469 bits per heavy atom. The molecule has 0 spiro atoms. The molecule has 0 atom stereocenters. The van der Waals surface area contributed by atoms with Crippen molar-refractivity contribution in [1.29, 1.82) is 5.26 Å².